The zero-order chi connectivity index (χ0) is 56.4. The van der Waals surface area contributed by atoms with Gasteiger partial charge in [-0.2, -0.15) is 0 Å². The maximum atomic E-state index is 12.9. The summed E-state index contributed by atoms with van der Waals surface area (Å²) in [4.78, 5) is 38.3. The first kappa shape index (κ1) is 74.3. The first-order valence-electron chi connectivity index (χ1n) is 33.2. The van der Waals surface area contributed by atoms with E-state index in [0.717, 1.165) is 77.0 Å². The Bertz CT molecular complexity index is 1530. The van der Waals surface area contributed by atoms with Gasteiger partial charge in [0.15, 0.2) is 6.10 Å². The minimum atomic E-state index is -0.810. The molecule has 0 radical (unpaired) electrons. The summed E-state index contributed by atoms with van der Waals surface area (Å²) in [5, 5.41) is 0. The first-order valence-corrected chi connectivity index (χ1v) is 33.2. The third-order valence-corrected chi connectivity index (χ3v) is 14.3. The van der Waals surface area contributed by atoms with Gasteiger partial charge in [-0.05, 0) is 109 Å². The molecule has 1 unspecified atom stereocenters. The van der Waals surface area contributed by atoms with Crippen LogP contribution in [0.2, 0.25) is 0 Å². The molecule has 0 aliphatic heterocycles. The number of allylic oxidation sites excluding steroid dienone is 16. The third kappa shape index (κ3) is 63.2. The van der Waals surface area contributed by atoms with E-state index in [1.54, 1.807) is 0 Å². The van der Waals surface area contributed by atoms with Crippen LogP contribution in [0.3, 0.4) is 0 Å². The number of rotatable bonds is 60. The normalized spacial score (nSPS) is 12.7. The molecule has 0 N–H and O–H groups in total. The highest BCUT2D eigenvalue weighted by molar-refractivity contribution is 5.71. The second kappa shape index (κ2) is 65.8. The number of unbranched alkanes of at least 4 members (excludes halogenated alkanes) is 33. The van der Waals surface area contributed by atoms with Gasteiger partial charge in [0.25, 0.3) is 0 Å². The van der Waals surface area contributed by atoms with E-state index in [-0.39, 0.29) is 37.5 Å². The lowest BCUT2D eigenvalue weighted by Crippen LogP contribution is -2.30. The van der Waals surface area contributed by atoms with Gasteiger partial charge in [0.2, 0.25) is 0 Å². The molecule has 0 saturated heterocycles. The van der Waals surface area contributed by atoms with E-state index in [0.29, 0.717) is 19.3 Å². The Labute approximate surface area is 483 Å². The van der Waals surface area contributed by atoms with Crippen molar-refractivity contribution in [3.8, 4) is 0 Å². The van der Waals surface area contributed by atoms with Crippen LogP contribution in [0.15, 0.2) is 97.2 Å². The monoisotopic (exact) mass is 1080 g/mol. The van der Waals surface area contributed by atoms with Gasteiger partial charge in [0.05, 0.1) is 0 Å². The van der Waals surface area contributed by atoms with Crippen molar-refractivity contribution in [3.63, 3.8) is 0 Å². The van der Waals surface area contributed by atoms with Crippen molar-refractivity contribution in [2.24, 2.45) is 0 Å². The molecule has 0 amide bonds. The van der Waals surface area contributed by atoms with E-state index in [1.165, 1.54) is 199 Å². The number of carbonyl (C=O) groups excluding carboxylic acids is 3. The predicted octanol–water partition coefficient (Wildman–Crippen LogP) is 22.8. The highest BCUT2D eigenvalue weighted by Crippen LogP contribution is 2.16. The van der Waals surface area contributed by atoms with Gasteiger partial charge in [0, 0.05) is 19.3 Å². The molecule has 0 aliphatic carbocycles. The standard InChI is InChI=1S/C72H124O6/c1-4-7-10-13-16-19-22-25-27-29-31-32-33-34-35-36-37-38-39-40-41-43-44-47-50-53-56-59-62-65-71(74)77-68-69(67-76-70(73)64-61-58-55-52-49-46-24-21-18-15-12-9-6-3)78-72(75)66-63-60-57-54-51-48-45-42-30-28-26-23-20-17-14-11-8-5-2/h9,12,18,21-22,25,28-31,33-34,46,49,55,58,69H,4-8,10-11,13-17,19-20,23-24,26-27,32,35-45,47-48,50-54,56-57,59-68H2,1-3H3/b12-9-,21-18-,25-22-,30-28-,31-29-,34-33-,49-46-,58-55-. The van der Waals surface area contributed by atoms with E-state index < -0.39 is 6.10 Å². The molecular weight excluding hydrogens is 961 g/mol. The van der Waals surface area contributed by atoms with Crippen LogP contribution < -0.4 is 0 Å². The Balaban J connectivity index is 4.28. The smallest absolute Gasteiger partial charge is 0.306 e. The molecule has 0 fully saturated rings. The van der Waals surface area contributed by atoms with Crippen molar-refractivity contribution in [1.82, 2.24) is 0 Å². The molecule has 0 aromatic heterocycles. The first-order chi connectivity index (χ1) is 38.5. The topological polar surface area (TPSA) is 78.9 Å². The molecule has 0 aliphatic rings. The van der Waals surface area contributed by atoms with E-state index in [1.807, 2.05) is 6.08 Å². The largest absolute Gasteiger partial charge is 0.462 e. The zero-order valence-corrected chi connectivity index (χ0v) is 51.4. The predicted molar refractivity (Wildman–Crippen MR) is 339 cm³/mol. The third-order valence-electron chi connectivity index (χ3n) is 14.3. The van der Waals surface area contributed by atoms with Gasteiger partial charge < -0.3 is 14.2 Å². The van der Waals surface area contributed by atoms with Crippen LogP contribution in [0.4, 0.5) is 0 Å². The molecule has 6 nitrogen and oxygen atoms in total. The molecule has 0 rings (SSSR count). The summed E-state index contributed by atoms with van der Waals surface area (Å²) in [6, 6.07) is 0. The van der Waals surface area contributed by atoms with Crippen LogP contribution in [0.5, 0.6) is 0 Å². The molecule has 78 heavy (non-hydrogen) atoms. The SMILES string of the molecule is CC/C=C\C/C=C\C/C=C\C/C=C\CCC(=O)OCC(COC(=O)CCCCCCCCCCCCCCCC/C=C\C/C=C\C/C=C\CCCCCCC)OC(=O)CCCCCCCCC/C=C\CCCCCCCCC. The Morgan fingerprint density at radius 1 is 0.269 bits per heavy atom. The number of carbonyl (C=O) groups is 3. The van der Waals surface area contributed by atoms with Gasteiger partial charge in [-0.25, -0.2) is 0 Å². The van der Waals surface area contributed by atoms with Crippen molar-refractivity contribution in [2.45, 2.75) is 329 Å². The summed E-state index contributed by atoms with van der Waals surface area (Å²) in [6.45, 7) is 6.47. The second-order valence-corrected chi connectivity index (χ2v) is 22.0. The molecule has 1 atom stereocenters. The molecule has 0 spiro atoms. The molecule has 448 valence electrons. The number of hydrogen-bond donors (Lipinski definition) is 0. The molecule has 0 aromatic carbocycles. The van der Waals surface area contributed by atoms with Gasteiger partial charge in [0.1, 0.15) is 13.2 Å². The lowest BCUT2D eigenvalue weighted by Gasteiger charge is -2.18. The highest BCUT2D eigenvalue weighted by atomic mass is 16.6. The van der Waals surface area contributed by atoms with Crippen LogP contribution in [0, 0.1) is 0 Å². The van der Waals surface area contributed by atoms with Gasteiger partial charge in [-0.3, -0.25) is 14.4 Å². The maximum Gasteiger partial charge on any atom is 0.306 e. The van der Waals surface area contributed by atoms with Crippen LogP contribution in [0.25, 0.3) is 0 Å². The maximum absolute atomic E-state index is 12.9. The van der Waals surface area contributed by atoms with Crippen LogP contribution in [-0.4, -0.2) is 37.2 Å². The second-order valence-electron chi connectivity index (χ2n) is 22.0. The van der Waals surface area contributed by atoms with E-state index in [4.69, 9.17) is 14.2 Å². The summed E-state index contributed by atoms with van der Waals surface area (Å²) >= 11 is 0. The van der Waals surface area contributed by atoms with Crippen molar-refractivity contribution in [1.29, 1.82) is 0 Å². The van der Waals surface area contributed by atoms with Crippen molar-refractivity contribution >= 4 is 17.9 Å². The zero-order valence-electron chi connectivity index (χ0n) is 51.4. The van der Waals surface area contributed by atoms with Crippen LogP contribution in [0.1, 0.15) is 323 Å². The summed E-state index contributed by atoms with van der Waals surface area (Å²) < 4.78 is 16.9. The summed E-state index contributed by atoms with van der Waals surface area (Å²) in [7, 11) is 0. The molecule has 0 aromatic rings. The highest BCUT2D eigenvalue weighted by Gasteiger charge is 2.19. The quantitative estimate of drug-likeness (QED) is 0.0261. The number of ether oxygens (including phenoxy) is 3. The number of esters is 3. The fourth-order valence-electron chi connectivity index (χ4n) is 9.34. The van der Waals surface area contributed by atoms with E-state index >= 15 is 0 Å². The van der Waals surface area contributed by atoms with Gasteiger partial charge in [-0.1, -0.05) is 291 Å². The summed E-state index contributed by atoms with van der Waals surface area (Å²) in [5.41, 5.74) is 0. The lowest BCUT2D eigenvalue weighted by molar-refractivity contribution is -0.166. The van der Waals surface area contributed by atoms with Crippen LogP contribution >= 0.6 is 0 Å². The van der Waals surface area contributed by atoms with E-state index in [2.05, 4.69) is 112 Å². The van der Waals surface area contributed by atoms with Crippen molar-refractivity contribution in [2.75, 3.05) is 13.2 Å². The van der Waals surface area contributed by atoms with E-state index in [9.17, 15) is 14.4 Å². The molecule has 0 saturated carbocycles. The summed E-state index contributed by atoms with van der Waals surface area (Å²) in [5.74, 6) is -0.980. The fourth-order valence-corrected chi connectivity index (χ4v) is 9.34. The minimum absolute atomic E-state index is 0.100. The fraction of sp³-hybridized carbons (Fsp3) is 0.736. The molecule has 0 heterocycles. The summed E-state index contributed by atoms with van der Waals surface area (Å²) in [6.07, 6.45) is 88.7. The molecule has 0 bridgehead atoms. The Morgan fingerprint density at radius 2 is 0.526 bits per heavy atom. The molecular formula is C72H124O6. The van der Waals surface area contributed by atoms with Gasteiger partial charge >= 0.3 is 17.9 Å². The minimum Gasteiger partial charge on any atom is -0.462 e. The van der Waals surface area contributed by atoms with Crippen molar-refractivity contribution in [3.05, 3.63) is 97.2 Å². The average Bonchev–Trinajstić information content (AvgIpc) is 3.44. The molecule has 6 heteroatoms. The Kier molecular flexibility index (Phi) is 62.7. The van der Waals surface area contributed by atoms with Crippen LogP contribution in [-0.2, 0) is 28.6 Å². The lowest BCUT2D eigenvalue weighted by atomic mass is 10.0. The average molecular weight is 1090 g/mol. The Morgan fingerprint density at radius 3 is 0.872 bits per heavy atom. The van der Waals surface area contributed by atoms with Gasteiger partial charge in [-0.15, -0.1) is 0 Å². The van der Waals surface area contributed by atoms with Crippen molar-refractivity contribution < 1.29 is 28.6 Å². The Hall–Kier alpha value is -3.67. The number of hydrogen-bond acceptors (Lipinski definition) is 6.